The Morgan fingerprint density at radius 2 is 1.90 bits per heavy atom. The van der Waals surface area contributed by atoms with E-state index in [4.69, 9.17) is 14.3 Å². The first-order valence-electron chi connectivity index (χ1n) is 9.25. The second-order valence-corrected chi connectivity index (χ2v) is 7.52. The standard InChI is InChI=1S/C22H21NO6S/c1-30-11-10-18(21(25)26)23-20(24)13-28-16-8-6-14(7-9-16)19-12-15-4-2-3-5-17(15)22(27)29-19/h2-9,12,18H,10-11,13H2,1H3,(H,23,24)(H,25,26)/t18-/m1/s1. The molecule has 0 saturated carbocycles. The molecular weight excluding hydrogens is 406 g/mol. The normalized spacial score (nSPS) is 11.8. The summed E-state index contributed by atoms with van der Waals surface area (Å²) in [5, 5.41) is 12.9. The second-order valence-electron chi connectivity index (χ2n) is 6.54. The van der Waals surface area contributed by atoms with Crippen molar-refractivity contribution in [1.29, 1.82) is 0 Å². The minimum Gasteiger partial charge on any atom is -0.484 e. The zero-order chi connectivity index (χ0) is 21.5. The molecule has 0 aliphatic heterocycles. The highest BCUT2D eigenvalue weighted by Gasteiger charge is 2.19. The number of benzene rings is 2. The molecular formula is C22H21NO6S. The minimum absolute atomic E-state index is 0.298. The summed E-state index contributed by atoms with van der Waals surface area (Å²) in [6, 6.07) is 14.8. The van der Waals surface area contributed by atoms with E-state index in [-0.39, 0.29) is 6.61 Å². The maximum Gasteiger partial charge on any atom is 0.344 e. The molecule has 1 atom stereocenters. The molecule has 7 nitrogen and oxygen atoms in total. The van der Waals surface area contributed by atoms with Crippen LogP contribution in [0.4, 0.5) is 0 Å². The van der Waals surface area contributed by atoms with Gasteiger partial charge < -0.3 is 19.6 Å². The lowest BCUT2D eigenvalue weighted by Gasteiger charge is -2.14. The van der Waals surface area contributed by atoms with Gasteiger partial charge in [-0.2, -0.15) is 11.8 Å². The SMILES string of the molecule is CSCC[C@@H](NC(=O)COc1ccc(-c2cc3ccccc3c(=O)o2)cc1)C(=O)O. The molecule has 0 unspecified atom stereocenters. The molecule has 0 aliphatic rings. The highest BCUT2D eigenvalue weighted by atomic mass is 32.2. The monoisotopic (exact) mass is 427 g/mol. The Balaban J connectivity index is 1.63. The van der Waals surface area contributed by atoms with E-state index in [1.54, 1.807) is 42.5 Å². The highest BCUT2D eigenvalue weighted by Crippen LogP contribution is 2.24. The van der Waals surface area contributed by atoms with E-state index in [2.05, 4.69) is 5.32 Å². The van der Waals surface area contributed by atoms with Gasteiger partial charge in [-0.3, -0.25) is 4.79 Å². The van der Waals surface area contributed by atoms with Gasteiger partial charge in [0.2, 0.25) is 0 Å². The van der Waals surface area contributed by atoms with Crippen molar-refractivity contribution in [2.75, 3.05) is 18.6 Å². The molecule has 3 rings (SSSR count). The average molecular weight is 427 g/mol. The van der Waals surface area contributed by atoms with Crippen molar-refractivity contribution in [2.45, 2.75) is 12.5 Å². The van der Waals surface area contributed by atoms with Gasteiger partial charge in [-0.05, 0) is 60.2 Å². The third-order valence-electron chi connectivity index (χ3n) is 4.42. The first-order valence-corrected chi connectivity index (χ1v) is 10.6. The highest BCUT2D eigenvalue weighted by molar-refractivity contribution is 7.98. The van der Waals surface area contributed by atoms with Crippen molar-refractivity contribution >= 4 is 34.4 Å². The van der Waals surface area contributed by atoms with Gasteiger partial charge in [0.1, 0.15) is 17.6 Å². The molecule has 30 heavy (non-hydrogen) atoms. The molecule has 1 heterocycles. The zero-order valence-electron chi connectivity index (χ0n) is 16.3. The third kappa shape index (κ3) is 5.42. The first-order chi connectivity index (χ1) is 14.5. The molecule has 0 fully saturated rings. The van der Waals surface area contributed by atoms with Crippen LogP contribution in [0, 0.1) is 0 Å². The number of amides is 1. The summed E-state index contributed by atoms with van der Waals surface area (Å²) >= 11 is 1.51. The number of fused-ring (bicyclic) bond motifs is 1. The van der Waals surface area contributed by atoms with Gasteiger partial charge in [-0.25, -0.2) is 9.59 Å². The molecule has 0 bridgehead atoms. The summed E-state index contributed by atoms with van der Waals surface area (Å²) in [4.78, 5) is 35.3. The summed E-state index contributed by atoms with van der Waals surface area (Å²) in [7, 11) is 0. The van der Waals surface area contributed by atoms with E-state index in [0.29, 0.717) is 34.6 Å². The number of carbonyl (C=O) groups excluding carboxylic acids is 1. The van der Waals surface area contributed by atoms with Gasteiger partial charge in [-0.1, -0.05) is 18.2 Å². The molecule has 1 amide bonds. The fourth-order valence-electron chi connectivity index (χ4n) is 2.87. The maximum absolute atomic E-state index is 12.1. The summed E-state index contributed by atoms with van der Waals surface area (Å²) in [6.45, 7) is -0.298. The van der Waals surface area contributed by atoms with E-state index < -0.39 is 23.5 Å². The molecule has 0 aliphatic carbocycles. The fraction of sp³-hybridized carbons (Fsp3) is 0.227. The van der Waals surface area contributed by atoms with Gasteiger partial charge >= 0.3 is 11.6 Å². The Morgan fingerprint density at radius 3 is 2.60 bits per heavy atom. The molecule has 1 aromatic heterocycles. The largest absolute Gasteiger partial charge is 0.484 e. The zero-order valence-corrected chi connectivity index (χ0v) is 17.1. The van der Waals surface area contributed by atoms with Crippen LogP contribution in [0.3, 0.4) is 0 Å². The van der Waals surface area contributed by atoms with E-state index in [1.165, 1.54) is 11.8 Å². The summed E-state index contributed by atoms with van der Waals surface area (Å²) in [5.74, 6) is -0.0781. The molecule has 8 heteroatoms. The summed E-state index contributed by atoms with van der Waals surface area (Å²) < 4.78 is 10.8. The van der Waals surface area contributed by atoms with Gasteiger partial charge in [0.15, 0.2) is 6.61 Å². The summed E-state index contributed by atoms with van der Waals surface area (Å²) in [6.07, 6.45) is 2.21. The molecule has 3 aromatic rings. The Morgan fingerprint density at radius 1 is 1.17 bits per heavy atom. The number of hydrogen-bond acceptors (Lipinski definition) is 6. The van der Waals surface area contributed by atoms with Crippen molar-refractivity contribution in [3.8, 4) is 17.1 Å². The topological polar surface area (TPSA) is 106 Å². The van der Waals surface area contributed by atoms with E-state index >= 15 is 0 Å². The van der Waals surface area contributed by atoms with Crippen molar-refractivity contribution in [1.82, 2.24) is 5.32 Å². The van der Waals surface area contributed by atoms with Gasteiger partial charge in [0, 0.05) is 5.56 Å². The number of nitrogens with one attached hydrogen (secondary N) is 1. The van der Waals surface area contributed by atoms with Crippen LogP contribution in [0.5, 0.6) is 5.75 Å². The van der Waals surface area contributed by atoms with Crippen LogP contribution in [0.25, 0.3) is 22.1 Å². The molecule has 0 spiro atoms. The Bertz CT molecular complexity index is 1090. The van der Waals surface area contributed by atoms with Crippen LogP contribution in [0.1, 0.15) is 6.42 Å². The fourth-order valence-corrected chi connectivity index (χ4v) is 3.34. The summed E-state index contributed by atoms with van der Waals surface area (Å²) in [5.41, 5.74) is 0.284. The quantitative estimate of drug-likeness (QED) is 0.540. The molecule has 0 radical (unpaired) electrons. The Hall–Kier alpha value is -3.26. The number of carboxylic acids is 1. The molecule has 2 N–H and O–H groups in total. The number of carboxylic acid groups (broad SMARTS) is 1. The van der Waals surface area contributed by atoms with Crippen molar-refractivity contribution in [3.63, 3.8) is 0 Å². The van der Waals surface area contributed by atoms with Crippen LogP contribution in [-0.4, -0.2) is 41.6 Å². The van der Waals surface area contributed by atoms with Gasteiger partial charge in [0.25, 0.3) is 5.91 Å². The number of rotatable bonds is 9. The number of carbonyl (C=O) groups is 2. The molecule has 0 saturated heterocycles. The van der Waals surface area contributed by atoms with Crippen molar-refractivity contribution in [3.05, 3.63) is 65.0 Å². The third-order valence-corrected chi connectivity index (χ3v) is 5.07. The smallest absolute Gasteiger partial charge is 0.344 e. The maximum atomic E-state index is 12.1. The van der Waals surface area contributed by atoms with E-state index in [1.807, 2.05) is 18.4 Å². The lowest BCUT2D eigenvalue weighted by molar-refractivity contribution is -0.142. The molecule has 156 valence electrons. The predicted octanol–water partition coefficient (Wildman–Crippen LogP) is 3.16. The predicted molar refractivity (Wildman–Crippen MR) is 116 cm³/mol. The minimum atomic E-state index is -1.07. The van der Waals surface area contributed by atoms with Crippen LogP contribution in [-0.2, 0) is 9.59 Å². The van der Waals surface area contributed by atoms with E-state index in [0.717, 1.165) is 5.39 Å². The molecule has 2 aromatic carbocycles. The number of aliphatic carboxylic acids is 1. The van der Waals surface area contributed by atoms with Crippen molar-refractivity contribution < 1.29 is 23.8 Å². The van der Waals surface area contributed by atoms with Crippen LogP contribution in [0.15, 0.2) is 63.8 Å². The first kappa shape index (κ1) is 21.4. The van der Waals surface area contributed by atoms with Gasteiger partial charge in [0.05, 0.1) is 5.39 Å². The Labute approximate surface area is 177 Å². The second kappa shape index (κ2) is 9.98. The van der Waals surface area contributed by atoms with Gasteiger partial charge in [-0.15, -0.1) is 0 Å². The lowest BCUT2D eigenvalue weighted by atomic mass is 10.1. The van der Waals surface area contributed by atoms with E-state index in [9.17, 15) is 14.4 Å². The van der Waals surface area contributed by atoms with Crippen LogP contribution in [0.2, 0.25) is 0 Å². The average Bonchev–Trinajstić information content (AvgIpc) is 2.75. The van der Waals surface area contributed by atoms with Crippen LogP contribution < -0.4 is 15.7 Å². The van der Waals surface area contributed by atoms with Crippen molar-refractivity contribution in [2.24, 2.45) is 0 Å². The van der Waals surface area contributed by atoms with Crippen LogP contribution >= 0.6 is 11.8 Å². The Kier molecular flexibility index (Phi) is 7.13. The number of hydrogen-bond donors (Lipinski definition) is 2. The lowest BCUT2D eigenvalue weighted by Crippen LogP contribution is -2.43. The number of thioether (sulfide) groups is 1. The number of ether oxygens (including phenoxy) is 1.